The number of carbonyl (C=O) groups excluding carboxylic acids is 1. The van der Waals surface area contributed by atoms with Crippen LogP contribution in [0.1, 0.15) is 15.9 Å². The Morgan fingerprint density at radius 2 is 2.25 bits per heavy atom. The number of morpholine rings is 1. The number of carbonyl (C=O) groups is 2. The summed E-state index contributed by atoms with van der Waals surface area (Å²) in [5, 5.41) is 12.1. The van der Waals surface area contributed by atoms with Crippen molar-refractivity contribution in [1.82, 2.24) is 5.32 Å². The van der Waals surface area contributed by atoms with Crippen molar-refractivity contribution >= 4 is 17.6 Å². The topological polar surface area (TPSA) is 78.9 Å². The van der Waals surface area contributed by atoms with Gasteiger partial charge in [-0.1, -0.05) is 0 Å². The molecule has 1 aromatic rings. The van der Waals surface area contributed by atoms with E-state index >= 15 is 0 Å². The lowest BCUT2D eigenvalue weighted by Gasteiger charge is -2.27. The second-order valence-corrected chi connectivity index (χ2v) is 4.97. The molecular formula is C14H16N2O4. The molecule has 3 rings (SSSR count). The van der Waals surface area contributed by atoms with Gasteiger partial charge in [-0.05, 0) is 30.2 Å². The maximum absolute atomic E-state index is 12.4. The summed E-state index contributed by atoms with van der Waals surface area (Å²) in [6.07, 6.45) is 0.690. The molecule has 2 heterocycles. The van der Waals surface area contributed by atoms with Crippen LogP contribution in [-0.2, 0) is 16.0 Å². The van der Waals surface area contributed by atoms with Gasteiger partial charge in [0.05, 0.1) is 18.8 Å². The first kappa shape index (κ1) is 13.1. The van der Waals surface area contributed by atoms with Crippen LogP contribution in [0.4, 0.5) is 5.69 Å². The minimum atomic E-state index is -0.945. The van der Waals surface area contributed by atoms with Crippen LogP contribution in [0, 0.1) is 0 Å². The molecule has 20 heavy (non-hydrogen) atoms. The molecule has 106 valence electrons. The fourth-order valence-electron chi connectivity index (χ4n) is 2.68. The summed E-state index contributed by atoms with van der Waals surface area (Å²) in [6.45, 7) is 2.28. The van der Waals surface area contributed by atoms with Crippen LogP contribution >= 0.6 is 0 Å². The molecule has 0 aliphatic carbocycles. The van der Waals surface area contributed by atoms with Gasteiger partial charge in [-0.3, -0.25) is 4.79 Å². The molecule has 1 aromatic carbocycles. The SMILES string of the molecule is O=C(O)c1ccc2c(c1)CCN2C(=O)C1COCCN1. The largest absolute Gasteiger partial charge is 0.478 e. The highest BCUT2D eigenvalue weighted by Crippen LogP contribution is 2.29. The zero-order valence-corrected chi connectivity index (χ0v) is 11.0. The Morgan fingerprint density at radius 3 is 2.95 bits per heavy atom. The normalized spacial score (nSPS) is 21.6. The fourth-order valence-corrected chi connectivity index (χ4v) is 2.68. The summed E-state index contributed by atoms with van der Waals surface area (Å²) in [7, 11) is 0. The molecule has 2 aliphatic rings. The predicted molar refractivity (Wildman–Crippen MR) is 72.1 cm³/mol. The number of hydrogen-bond donors (Lipinski definition) is 2. The van der Waals surface area contributed by atoms with Crippen LogP contribution in [0.25, 0.3) is 0 Å². The Bertz CT molecular complexity index is 552. The molecule has 2 N–H and O–H groups in total. The maximum atomic E-state index is 12.4. The smallest absolute Gasteiger partial charge is 0.335 e. The zero-order valence-electron chi connectivity index (χ0n) is 11.0. The van der Waals surface area contributed by atoms with Gasteiger partial charge in [-0.25, -0.2) is 4.79 Å². The van der Waals surface area contributed by atoms with E-state index < -0.39 is 5.97 Å². The van der Waals surface area contributed by atoms with Gasteiger partial charge in [0.25, 0.3) is 0 Å². The summed E-state index contributed by atoms with van der Waals surface area (Å²) < 4.78 is 5.31. The third-order valence-electron chi connectivity index (χ3n) is 3.71. The number of hydrogen-bond acceptors (Lipinski definition) is 4. The van der Waals surface area contributed by atoms with Crippen molar-refractivity contribution in [2.75, 3.05) is 31.2 Å². The summed E-state index contributed by atoms with van der Waals surface area (Å²) in [5.74, 6) is -0.952. The highest BCUT2D eigenvalue weighted by molar-refractivity contribution is 6.00. The number of nitrogens with one attached hydrogen (secondary N) is 1. The first-order valence-electron chi connectivity index (χ1n) is 6.65. The van der Waals surface area contributed by atoms with Gasteiger partial charge in [0, 0.05) is 18.8 Å². The van der Waals surface area contributed by atoms with Crippen molar-refractivity contribution in [2.45, 2.75) is 12.5 Å². The fraction of sp³-hybridized carbons (Fsp3) is 0.429. The van der Waals surface area contributed by atoms with Gasteiger partial charge < -0.3 is 20.1 Å². The zero-order chi connectivity index (χ0) is 14.1. The van der Waals surface area contributed by atoms with E-state index in [1.807, 2.05) is 0 Å². The molecule has 0 aromatic heterocycles. The van der Waals surface area contributed by atoms with E-state index in [4.69, 9.17) is 9.84 Å². The number of aromatic carboxylic acids is 1. The maximum Gasteiger partial charge on any atom is 0.335 e. The van der Waals surface area contributed by atoms with Crippen LogP contribution < -0.4 is 10.2 Å². The predicted octanol–water partition coefficient (Wildman–Crippen LogP) is 0.262. The molecular weight excluding hydrogens is 260 g/mol. The average molecular weight is 276 g/mol. The first-order chi connectivity index (χ1) is 9.66. The minimum Gasteiger partial charge on any atom is -0.478 e. The Kier molecular flexibility index (Phi) is 3.42. The van der Waals surface area contributed by atoms with E-state index in [-0.39, 0.29) is 17.5 Å². The lowest BCUT2D eigenvalue weighted by Crippen LogP contribution is -2.52. The molecule has 6 nitrogen and oxygen atoms in total. The van der Waals surface area contributed by atoms with Crippen molar-refractivity contribution in [2.24, 2.45) is 0 Å². The molecule has 1 saturated heterocycles. The van der Waals surface area contributed by atoms with Crippen LogP contribution in [0.15, 0.2) is 18.2 Å². The highest BCUT2D eigenvalue weighted by atomic mass is 16.5. The van der Waals surface area contributed by atoms with Crippen LogP contribution in [0.3, 0.4) is 0 Å². The van der Waals surface area contributed by atoms with E-state index in [1.54, 1.807) is 17.0 Å². The van der Waals surface area contributed by atoms with Gasteiger partial charge in [-0.2, -0.15) is 0 Å². The number of anilines is 1. The lowest BCUT2D eigenvalue weighted by molar-refractivity contribution is -0.123. The highest BCUT2D eigenvalue weighted by Gasteiger charge is 2.31. The molecule has 6 heteroatoms. The third-order valence-corrected chi connectivity index (χ3v) is 3.71. The quantitative estimate of drug-likeness (QED) is 0.810. The average Bonchev–Trinajstić information content (AvgIpc) is 2.90. The van der Waals surface area contributed by atoms with Crippen molar-refractivity contribution in [3.63, 3.8) is 0 Å². The van der Waals surface area contributed by atoms with Crippen LogP contribution in [0.2, 0.25) is 0 Å². The van der Waals surface area contributed by atoms with E-state index in [1.165, 1.54) is 6.07 Å². The first-order valence-corrected chi connectivity index (χ1v) is 6.65. The van der Waals surface area contributed by atoms with E-state index in [2.05, 4.69) is 5.32 Å². The second kappa shape index (κ2) is 5.22. The third kappa shape index (κ3) is 2.28. The molecule has 1 unspecified atom stereocenters. The Hall–Kier alpha value is -1.92. The number of amides is 1. The molecule has 0 radical (unpaired) electrons. The van der Waals surface area contributed by atoms with Crippen molar-refractivity contribution < 1.29 is 19.4 Å². The van der Waals surface area contributed by atoms with E-state index in [0.717, 1.165) is 11.3 Å². The summed E-state index contributed by atoms with van der Waals surface area (Å²) in [6, 6.07) is 4.59. The molecule has 2 aliphatic heterocycles. The second-order valence-electron chi connectivity index (χ2n) is 4.97. The van der Waals surface area contributed by atoms with Gasteiger partial charge in [0.1, 0.15) is 6.04 Å². The number of carboxylic acids is 1. The van der Waals surface area contributed by atoms with Crippen molar-refractivity contribution in [1.29, 1.82) is 0 Å². The number of fused-ring (bicyclic) bond motifs is 1. The van der Waals surface area contributed by atoms with Crippen LogP contribution in [-0.4, -0.2) is 49.3 Å². The van der Waals surface area contributed by atoms with Crippen LogP contribution in [0.5, 0.6) is 0 Å². The number of rotatable bonds is 2. The number of carboxylic acid groups (broad SMARTS) is 1. The summed E-state index contributed by atoms with van der Waals surface area (Å²) >= 11 is 0. The molecule has 1 amide bonds. The lowest BCUT2D eigenvalue weighted by atomic mass is 10.1. The molecule has 1 fully saturated rings. The molecule has 0 spiro atoms. The molecule has 0 bridgehead atoms. The van der Waals surface area contributed by atoms with Crippen molar-refractivity contribution in [3.8, 4) is 0 Å². The van der Waals surface area contributed by atoms with E-state index in [9.17, 15) is 9.59 Å². The van der Waals surface area contributed by atoms with Gasteiger partial charge in [-0.15, -0.1) is 0 Å². The summed E-state index contributed by atoms with van der Waals surface area (Å²) in [4.78, 5) is 25.1. The Balaban J connectivity index is 1.81. The standard InChI is InChI=1S/C14H16N2O4/c17-13(11-8-20-6-4-15-11)16-5-3-9-7-10(14(18)19)1-2-12(9)16/h1-2,7,11,15H,3-6,8H2,(H,18,19). The monoisotopic (exact) mass is 276 g/mol. The van der Waals surface area contributed by atoms with Gasteiger partial charge in [0.2, 0.25) is 5.91 Å². The molecule has 0 saturated carbocycles. The Morgan fingerprint density at radius 1 is 1.40 bits per heavy atom. The number of ether oxygens (including phenoxy) is 1. The number of nitrogens with zero attached hydrogens (tertiary/aromatic N) is 1. The number of benzene rings is 1. The molecule has 1 atom stereocenters. The summed E-state index contributed by atoms with van der Waals surface area (Å²) in [5.41, 5.74) is 1.99. The van der Waals surface area contributed by atoms with Crippen molar-refractivity contribution in [3.05, 3.63) is 29.3 Å². The van der Waals surface area contributed by atoms with Gasteiger partial charge in [0.15, 0.2) is 0 Å². The minimum absolute atomic E-state index is 0.00785. The van der Waals surface area contributed by atoms with E-state index in [0.29, 0.717) is 32.7 Å². The Labute approximate surface area is 116 Å². The van der Waals surface area contributed by atoms with Gasteiger partial charge >= 0.3 is 5.97 Å².